The van der Waals surface area contributed by atoms with E-state index in [1.807, 2.05) is 18.2 Å². The second-order valence-electron chi connectivity index (χ2n) is 6.48. The van der Waals surface area contributed by atoms with Gasteiger partial charge in [0, 0.05) is 22.5 Å². The number of ether oxygens (including phenoxy) is 1. The van der Waals surface area contributed by atoms with Gasteiger partial charge in [0.25, 0.3) is 5.91 Å². The van der Waals surface area contributed by atoms with Gasteiger partial charge in [-0.15, -0.1) is 0 Å². The number of aliphatic hydroxyl groups excluding tert-OH is 1. The lowest BCUT2D eigenvalue weighted by Gasteiger charge is -2.29. The molecule has 0 saturated carbocycles. The second-order valence-corrected chi connectivity index (χ2v) is 7.32. The third-order valence-electron chi connectivity index (χ3n) is 4.31. The van der Waals surface area contributed by atoms with Crippen molar-refractivity contribution in [1.82, 2.24) is 9.96 Å². The van der Waals surface area contributed by atoms with Crippen LogP contribution in [0.1, 0.15) is 18.7 Å². The molecule has 2 aromatic rings. The first kappa shape index (κ1) is 21.4. The molecular formula is C20H20Cl2N2O5. The Hall–Kier alpha value is -2.32. The molecule has 1 saturated heterocycles. The zero-order chi connectivity index (χ0) is 21.0. The van der Waals surface area contributed by atoms with E-state index >= 15 is 0 Å². The fourth-order valence-corrected chi connectivity index (χ4v) is 3.43. The van der Waals surface area contributed by atoms with Crippen molar-refractivity contribution in [3.8, 4) is 5.75 Å². The smallest absolute Gasteiger partial charge is 0.268 e. The number of amides is 2. The van der Waals surface area contributed by atoms with Crippen molar-refractivity contribution in [3.63, 3.8) is 0 Å². The van der Waals surface area contributed by atoms with E-state index in [0.717, 1.165) is 5.06 Å². The fourth-order valence-electron chi connectivity index (χ4n) is 2.92. The Morgan fingerprint density at radius 2 is 1.93 bits per heavy atom. The van der Waals surface area contributed by atoms with Crippen molar-refractivity contribution in [1.29, 1.82) is 0 Å². The van der Waals surface area contributed by atoms with Gasteiger partial charge in [0.15, 0.2) is 6.17 Å². The van der Waals surface area contributed by atoms with Crippen LogP contribution in [0, 0.1) is 0 Å². The van der Waals surface area contributed by atoms with Crippen molar-refractivity contribution in [3.05, 3.63) is 64.1 Å². The summed E-state index contributed by atoms with van der Waals surface area (Å²) in [6.45, 7) is 0.979. The molecule has 7 nitrogen and oxygen atoms in total. The highest BCUT2D eigenvalue weighted by atomic mass is 35.5. The quantitative estimate of drug-likeness (QED) is 0.718. The van der Waals surface area contributed by atoms with Crippen LogP contribution in [0.5, 0.6) is 5.75 Å². The van der Waals surface area contributed by atoms with Crippen LogP contribution in [0.3, 0.4) is 0 Å². The van der Waals surface area contributed by atoms with E-state index in [-0.39, 0.29) is 25.7 Å². The Morgan fingerprint density at radius 1 is 1.21 bits per heavy atom. The molecule has 0 aromatic heterocycles. The van der Waals surface area contributed by atoms with Crippen LogP contribution in [0.15, 0.2) is 48.5 Å². The minimum Gasteiger partial charge on any atom is -0.491 e. The van der Waals surface area contributed by atoms with E-state index in [4.69, 9.17) is 32.8 Å². The van der Waals surface area contributed by atoms with Gasteiger partial charge in [-0.3, -0.25) is 14.4 Å². The summed E-state index contributed by atoms with van der Waals surface area (Å²) in [5.41, 5.74) is 0.493. The van der Waals surface area contributed by atoms with E-state index in [1.54, 1.807) is 24.3 Å². The average molecular weight is 439 g/mol. The van der Waals surface area contributed by atoms with Crippen LogP contribution in [-0.4, -0.2) is 52.7 Å². The van der Waals surface area contributed by atoms with Crippen LogP contribution in [0.25, 0.3) is 0 Å². The number of hydrogen-bond donors (Lipinski definition) is 1. The molecule has 0 aliphatic carbocycles. The summed E-state index contributed by atoms with van der Waals surface area (Å²) in [5.74, 6) is -0.127. The topological polar surface area (TPSA) is 79.3 Å². The first-order chi connectivity index (χ1) is 13.9. The van der Waals surface area contributed by atoms with Gasteiger partial charge in [-0.25, -0.2) is 0 Å². The van der Waals surface area contributed by atoms with Crippen LogP contribution >= 0.6 is 23.2 Å². The third-order valence-corrected chi connectivity index (χ3v) is 4.87. The molecule has 2 atom stereocenters. The second kappa shape index (κ2) is 9.45. The molecule has 2 amide bonds. The lowest BCUT2D eigenvalue weighted by molar-refractivity contribution is -0.209. The maximum atomic E-state index is 12.5. The molecule has 1 fully saturated rings. The molecule has 154 valence electrons. The number of nitrogens with zero attached hydrogens (tertiary/aromatic N) is 2. The molecule has 1 heterocycles. The maximum absolute atomic E-state index is 12.5. The summed E-state index contributed by atoms with van der Waals surface area (Å²) in [5, 5.41) is 12.0. The SMILES string of the molecule is CC(=O)N1CC(=O)N(OC[C@@H](O)COc2ccccc2)[C@@H]1c1ccc(Cl)cc1Cl. The predicted molar refractivity (Wildman–Crippen MR) is 107 cm³/mol. The molecule has 3 rings (SSSR count). The maximum Gasteiger partial charge on any atom is 0.268 e. The van der Waals surface area contributed by atoms with Crippen molar-refractivity contribution in [2.45, 2.75) is 19.2 Å². The molecule has 0 unspecified atom stereocenters. The highest BCUT2D eigenvalue weighted by molar-refractivity contribution is 6.35. The van der Waals surface area contributed by atoms with Crippen molar-refractivity contribution < 1.29 is 24.3 Å². The summed E-state index contributed by atoms with van der Waals surface area (Å²) in [6, 6.07) is 13.8. The van der Waals surface area contributed by atoms with Gasteiger partial charge in [0.2, 0.25) is 5.91 Å². The molecule has 0 radical (unpaired) electrons. The zero-order valence-corrected chi connectivity index (χ0v) is 17.1. The molecule has 9 heteroatoms. The Bertz CT molecular complexity index is 880. The summed E-state index contributed by atoms with van der Waals surface area (Å²) in [6.07, 6.45) is -1.84. The van der Waals surface area contributed by atoms with Crippen molar-refractivity contribution in [2.24, 2.45) is 0 Å². The minimum atomic E-state index is -0.990. The largest absolute Gasteiger partial charge is 0.491 e. The Morgan fingerprint density at radius 3 is 2.59 bits per heavy atom. The van der Waals surface area contributed by atoms with Gasteiger partial charge < -0.3 is 14.7 Å². The van der Waals surface area contributed by atoms with Crippen molar-refractivity contribution >= 4 is 35.0 Å². The van der Waals surface area contributed by atoms with E-state index in [0.29, 0.717) is 21.4 Å². The standard InChI is InChI=1S/C20H20Cl2N2O5/c1-13(25)23-10-19(27)24(20(23)17-8-7-14(21)9-18(17)22)29-12-15(26)11-28-16-5-3-2-4-6-16/h2-9,15,20,26H,10-12H2,1H3/t15-,20+/m0/s1. The van der Waals surface area contributed by atoms with Gasteiger partial charge >= 0.3 is 0 Å². The number of benzene rings is 2. The molecule has 1 N–H and O–H groups in total. The average Bonchev–Trinajstić information content (AvgIpc) is 3.02. The van der Waals surface area contributed by atoms with Crippen molar-refractivity contribution in [2.75, 3.05) is 19.8 Å². The summed E-state index contributed by atoms with van der Waals surface area (Å²) < 4.78 is 5.48. The Labute approximate surface area is 178 Å². The number of aliphatic hydroxyl groups is 1. The monoisotopic (exact) mass is 438 g/mol. The number of hydroxylamine groups is 2. The van der Waals surface area contributed by atoms with E-state index < -0.39 is 18.2 Å². The van der Waals surface area contributed by atoms with Gasteiger partial charge in [-0.05, 0) is 24.3 Å². The van der Waals surface area contributed by atoms with Gasteiger partial charge in [-0.2, -0.15) is 5.06 Å². The Balaban J connectivity index is 1.70. The van der Waals surface area contributed by atoms with Gasteiger partial charge in [0.1, 0.15) is 31.6 Å². The third kappa shape index (κ3) is 5.19. The van der Waals surface area contributed by atoms with Crippen LogP contribution in [0.4, 0.5) is 0 Å². The van der Waals surface area contributed by atoms with Crippen LogP contribution in [0.2, 0.25) is 10.0 Å². The number of carbonyl (C=O) groups is 2. The first-order valence-electron chi connectivity index (χ1n) is 8.90. The van der Waals surface area contributed by atoms with Crippen LogP contribution in [-0.2, 0) is 14.4 Å². The van der Waals surface area contributed by atoms with E-state index in [1.165, 1.54) is 17.9 Å². The molecule has 2 aromatic carbocycles. The van der Waals surface area contributed by atoms with Gasteiger partial charge in [-0.1, -0.05) is 47.5 Å². The summed E-state index contributed by atoms with van der Waals surface area (Å²) in [4.78, 5) is 31.4. The molecular weight excluding hydrogens is 419 g/mol. The highest BCUT2D eigenvalue weighted by Gasteiger charge is 2.42. The highest BCUT2D eigenvalue weighted by Crippen LogP contribution is 2.36. The molecule has 0 spiro atoms. The fraction of sp³-hybridized carbons (Fsp3) is 0.300. The van der Waals surface area contributed by atoms with Gasteiger partial charge in [0.05, 0.1) is 0 Å². The lowest BCUT2D eigenvalue weighted by Crippen LogP contribution is -2.37. The normalized spacial score (nSPS) is 17.5. The van der Waals surface area contributed by atoms with E-state index in [2.05, 4.69) is 0 Å². The number of rotatable bonds is 7. The number of halogens is 2. The summed E-state index contributed by atoms with van der Waals surface area (Å²) in [7, 11) is 0. The molecule has 1 aliphatic rings. The zero-order valence-electron chi connectivity index (χ0n) is 15.6. The molecule has 29 heavy (non-hydrogen) atoms. The molecule has 1 aliphatic heterocycles. The minimum absolute atomic E-state index is 0.0190. The van der Waals surface area contributed by atoms with Crippen LogP contribution < -0.4 is 4.74 Å². The Kier molecular flexibility index (Phi) is 6.97. The number of para-hydroxylation sites is 1. The summed E-state index contributed by atoms with van der Waals surface area (Å²) >= 11 is 12.2. The first-order valence-corrected chi connectivity index (χ1v) is 9.65. The number of hydrogen-bond acceptors (Lipinski definition) is 5. The number of carbonyl (C=O) groups excluding carboxylic acids is 2. The van der Waals surface area contributed by atoms with E-state index in [9.17, 15) is 14.7 Å². The lowest BCUT2D eigenvalue weighted by atomic mass is 10.1. The molecule has 0 bridgehead atoms. The predicted octanol–water partition coefficient (Wildman–Crippen LogP) is 3.05.